The molecule has 8 heteroatoms. The van der Waals surface area contributed by atoms with Gasteiger partial charge >= 0.3 is 5.97 Å². The zero-order valence-corrected chi connectivity index (χ0v) is 17.3. The number of allylic oxidation sites excluding steroid dienone is 2. The normalized spacial score (nSPS) is 21.2. The second-order valence-corrected chi connectivity index (χ2v) is 7.56. The summed E-state index contributed by atoms with van der Waals surface area (Å²) in [5.41, 5.74) is 1.42. The average molecular weight is 414 g/mol. The predicted octanol–water partition coefficient (Wildman–Crippen LogP) is 2.22. The van der Waals surface area contributed by atoms with Gasteiger partial charge in [0, 0.05) is 6.54 Å². The van der Waals surface area contributed by atoms with Gasteiger partial charge < -0.3 is 14.8 Å². The Morgan fingerprint density at radius 1 is 1.17 bits per heavy atom. The molecule has 30 heavy (non-hydrogen) atoms. The molecule has 1 aliphatic carbocycles. The highest BCUT2D eigenvalue weighted by molar-refractivity contribution is 6.05. The van der Waals surface area contributed by atoms with Crippen LogP contribution in [0.15, 0.2) is 30.4 Å². The summed E-state index contributed by atoms with van der Waals surface area (Å²) >= 11 is 0. The first-order chi connectivity index (χ1) is 14.3. The quantitative estimate of drug-likeness (QED) is 0.417. The molecule has 0 spiro atoms. The number of nitrogens with one attached hydrogen (secondary N) is 1. The lowest BCUT2D eigenvalue weighted by atomic mass is 9.85. The summed E-state index contributed by atoms with van der Waals surface area (Å²) in [6.07, 6.45) is 3.72. The summed E-state index contributed by atoms with van der Waals surface area (Å²) in [6, 6.07) is 5.34. The third-order valence-electron chi connectivity index (χ3n) is 5.43. The number of imide groups is 1. The van der Waals surface area contributed by atoms with Crippen LogP contribution in [0.25, 0.3) is 0 Å². The van der Waals surface area contributed by atoms with Crippen LogP contribution in [-0.2, 0) is 23.9 Å². The topological polar surface area (TPSA) is 102 Å². The van der Waals surface area contributed by atoms with Gasteiger partial charge in [0.15, 0.2) is 6.10 Å². The van der Waals surface area contributed by atoms with Crippen LogP contribution in [0.1, 0.15) is 31.7 Å². The lowest BCUT2D eigenvalue weighted by molar-refractivity contribution is -0.154. The number of carbonyl (C=O) groups excluding carboxylic acids is 4. The maximum Gasteiger partial charge on any atom is 0.308 e. The molecule has 0 unspecified atom stereocenters. The molecule has 0 saturated carbocycles. The van der Waals surface area contributed by atoms with Crippen LogP contribution in [0.3, 0.4) is 0 Å². The Bertz CT molecular complexity index is 868. The van der Waals surface area contributed by atoms with E-state index in [-0.39, 0.29) is 36.6 Å². The highest BCUT2D eigenvalue weighted by Crippen LogP contribution is 2.35. The number of ether oxygens (including phenoxy) is 2. The fraction of sp³-hybridized carbons (Fsp3) is 0.455. The van der Waals surface area contributed by atoms with E-state index in [9.17, 15) is 19.2 Å². The molecule has 1 N–H and O–H groups in total. The SMILES string of the molecule is COc1ccc(C)cc1NC(=O)[C@@H](C)OC(=O)CCN1C(=O)[C@H]2CC=CC[C@@H]2C1=O. The summed E-state index contributed by atoms with van der Waals surface area (Å²) in [7, 11) is 1.50. The van der Waals surface area contributed by atoms with Gasteiger partial charge in [-0.1, -0.05) is 18.2 Å². The van der Waals surface area contributed by atoms with Crippen molar-refractivity contribution in [2.75, 3.05) is 19.0 Å². The summed E-state index contributed by atoms with van der Waals surface area (Å²) in [4.78, 5) is 50.6. The Balaban J connectivity index is 1.51. The number of hydrogen-bond donors (Lipinski definition) is 1. The molecule has 0 bridgehead atoms. The summed E-state index contributed by atoms with van der Waals surface area (Å²) in [5, 5.41) is 2.69. The van der Waals surface area contributed by atoms with E-state index in [1.165, 1.54) is 14.0 Å². The lowest BCUT2D eigenvalue weighted by Gasteiger charge is -2.17. The van der Waals surface area contributed by atoms with E-state index < -0.39 is 18.0 Å². The highest BCUT2D eigenvalue weighted by atomic mass is 16.5. The number of anilines is 1. The Morgan fingerprint density at radius 2 is 1.80 bits per heavy atom. The van der Waals surface area contributed by atoms with E-state index in [0.717, 1.165) is 10.5 Å². The fourth-order valence-electron chi connectivity index (χ4n) is 3.76. The van der Waals surface area contributed by atoms with Gasteiger partial charge in [-0.15, -0.1) is 0 Å². The second kappa shape index (κ2) is 9.11. The highest BCUT2D eigenvalue weighted by Gasteiger charge is 2.47. The monoisotopic (exact) mass is 414 g/mol. The van der Waals surface area contributed by atoms with Gasteiger partial charge in [0.1, 0.15) is 5.75 Å². The Kier molecular flexibility index (Phi) is 6.54. The van der Waals surface area contributed by atoms with E-state index >= 15 is 0 Å². The van der Waals surface area contributed by atoms with E-state index in [1.54, 1.807) is 12.1 Å². The van der Waals surface area contributed by atoms with E-state index in [4.69, 9.17) is 9.47 Å². The van der Waals surface area contributed by atoms with Crippen LogP contribution in [-0.4, -0.2) is 48.3 Å². The Morgan fingerprint density at radius 3 is 2.40 bits per heavy atom. The molecule has 2 aliphatic rings. The van der Waals surface area contributed by atoms with Crippen LogP contribution >= 0.6 is 0 Å². The largest absolute Gasteiger partial charge is 0.495 e. The summed E-state index contributed by atoms with van der Waals surface area (Å²) < 4.78 is 10.4. The van der Waals surface area contributed by atoms with Crippen LogP contribution < -0.4 is 10.1 Å². The van der Waals surface area contributed by atoms with Crippen LogP contribution in [0.5, 0.6) is 5.75 Å². The first-order valence-corrected chi connectivity index (χ1v) is 9.97. The molecular weight excluding hydrogens is 388 g/mol. The average Bonchev–Trinajstić information content (AvgIpc) is 2.97. The van der Waals surface area contributed by atoms with E-state index in [0.29, 0.717) is 24.3 Å². The van der Waals surface area contributed by atoms with Crippen molar-refractivity contribution in [3.8, 4) is 5.75 Å². The van der Waals surface area contributed by atoms with Crippen molar-refractivity contribution in [1.29, 1.82) is 0 Å². The zero-order valence-electron chi connectivity index (χ0n) is 17.3. The van der Waals surface area contributed by atoms with Crippen molar-refractivity contribution >= 4 is 29.4 Å². The molecule has 0 aromatic heterocycles. The number of nitrogens with zero attached hydrogens (tertiary/aromatic N) is 1. The number of likely N-dealkylation sites (tertiary alicyclic amines) is 1. The van der Waals surface area contributed by atoms with Crippen LogP contribution in [0.4, 0.5) is 5.69 Å². The lowest BCUT2D eigenvalue weighted by Crippen LogP contribution is -2.35. The van der Waals surface area contributed by atoms with Gasteiger partial charge in [-0.05, 0) is 44.4 Å². The van der Waals surface area contributed by atoms with Crippen molar-refractivity contribution in [2.24, 2.45) is 11.8 Å². The standard InChI is InChI=1S/C22H26N2O6/c1-13-8-9-18(29-3)17(12-13)23-20(26)14(2)30-19(25)10-11-24-21(27)15-6-4-5-7-16(15)22(24)28/h4-5,8-9,12,14-16H,6-7,10-11H2,1-3H3,(H,23,26)/t14-,15+,16+/m1/s1. The van der Waals surface area contributed by atoms with E-state index in [1.807, 2.05) is 25.1 Å². The summed E-state index contributed by atoms with van der Waals surface area (Å²) in [5.74, 6) is -1.78. The molecule has 1 aromatic rings. The zero-order chi connectivity index (χ0) is 21.8. The van der Waals surface area contributed by atoms with Crippen molar-refractivity contribution in [3.05, 3.63) is 35.9 Å². The molecule has 0 radical (unpaired) electrons. The Labute approximate surface area is 175 Å². The fourth-order valence-corrected chi connectivity index (χ4v) is 3.76. The number of hydrogen-bond acceptors (Lipinski definition) is 6. The van der Waals surface area contributed by atoms with Crippen LogP contribution in [0, 0.1) is 18.8 Å². The van der Waals surface area contributed by atoms with Crippen molar-refractivity contribution in [1.82, 2.24) is 4.90 Å². The van der Waals surface area contributed by atoms with E-state index in [2.05, 4.69) is 5.32 Å². The van der Waals surface area contributed by atoms with Crippen molar-refractivity contribution in [2.45, 2.75) is 39.2 Å². The van der Waals surface area contributed by atoms with Gasteiger partial charge in [0.05, 0.1) is 31.1 Å². The second-order valence-electron chi connectivity index (χ2n) is 7.56. The molecule has 160 valence electrons. The first kappa shape index (κ1) is 21.5. The van der Waals surface area contributed by atoms with Crippen LogP contribution in [0.2, 0.25) is 0 Å². The van der Waals surface area contributed by atoms with Gasteiger partial charge in [0.25, 0.3) is 5.91 Å². The van der Waals surface area contributed by atoms with Gasteiger partial charge in [-0.2, -0.15) is 0 Å². The third kappa shape index (κ3) is 4.53. The molecule has 1 fully saturated rings. The number of benzene rings is 1. The molecule has 8 nitrogen and oxygen atoms in total. The molecule has 1 aliphatic heterocycles. The van der Waals surface area contributed by atoms with Crippen molar-refractivity contribution < 1.29 is 28.7 Å². The molecule has 1 heterocycles. The van der Waals surface area contributed by atoms with Gasteiger partial charge in [-0.3, -0.25) is 24.1 Å². The molecule has 3 atom stereocenters. The molecule has 3 amide bonds. The van der Waals surface area contributed by atoms with Gasteiger partial charge in [0.2, 0.25) is 11.8 Å². The summed E-state index contributed by atoms with van der Waals surface area (Å²) in [6.45, 7) is 3.30. The maximum atomic E-state index is 12.4. The number of aryl methyl sites for hydroxylation is 1. The minimum absolute atomic E-state index is 0.0382. The predicted molar refractivity (Wildman–Crippen MR) is 109 cm³/mol. The number of carbonyl (C=O) groups is 4. The number of rotatable bonds is 7. The molecule has 1 aromatic carbocycles. The first-order valence-electron chi connectivity index (χ1n) is 9.97. The van der Waals surface area contributed by atoms with Gasteiger partial charge in [-0.25, -0.2) is 0 Å². The molecule has 1 saturated heterocycles. The number of methoxy groups -OCH3 is 1. The number of esters is 1. The molecule has 3 rings (SSSR count). The minimum atomic E-state index is -1.04. The number of amides is 3. The minimum Gasteiger partial charge on any atom is -0.495 e. The third-order valence-corrected chi connectivity index (χ3v) is 5.43. The maximum absolute atomic E-state index is 12.4. The Hall–Kier alpha value is -3.16. The van der Waals surface area contributed by atoms with Crippen molar-refractivity contribution in [3.63, 3.8) is 0 Å². The smallest absolute Gasteiger partial charge is 0.308 e. The molecular formula is C22H26N2O6. The number of fused-ring (bicyclic) bond motifs is 1.